The minimum absolute atomic E-state index is 0.256. The van der Waals surface area contributed by atoms with E-state index in [-0.39, 0.29) is 17.8 Å². The second kappa shape index (κ2) is 5.75. The van der Waals surface area contributed by atoms with Gasteiger partial charge in [0.15, 0.2) is 0 Å². The smallest absolute Gasteiger partial charge is 0.360 e. The summed E-state index contributed by atoms with van der Waals surface area (Å²) >= 11 is 0. The first kappa shape index (κ1) is 16.4. The van der Waals surface area contributed by atoms with E-state index in [1.165, 1.54) is 12.1 Å². The average molecular weight is 305 g/mol. The minimum atomic E-state index is -5.19. The van der Waals surface area contributed by atoms with Crippen molar-refractivity contribution in [1.29, 1.82) is 10.5 Å². The molecule has 1 aromatic carbocycles. The van der Waals surface area contributed by atoms with E-state index in [9.17, 15) is 26.3 Å². The summed E-state index contributed by atoms with van der Waals surface area (Å²) in [5.74, 6) is 0. The molecule has 0 amide bonds. The molecule has 21 heavy (non-hydrogen) atoms. The van der Waals surface area contributed by atoms with Crippen molar-refractivity contribution >= 4 is 5.69 Å². The number of nitrogens with zero attached hydrogens (tertiary/aromatic N) is 2. The normalized spacial score (nSPS) is 11.2. The van der Waals surface area contributed by atoms with Gasteiger partial charge in [0.05, 0.1) is 11.1 Å². The number of benzene rings is 1. The van der Waals surface area contributed by atoms with Gasteiger partial charge >= 0.3 is 12.4 Å². The van der Waals surface area contributed by atoms with Gasteiger partial charge in [-0.15, -0.1) is 0 Å². The van der Waals surface area contributed by atoms with Crippen LogP contribution in [0.4, 0.5) is 32.0 Å². The Hall–Kier alpha value is -2.68. The van der Waals surface area contributed by atoms with E-state index in [4.69, 9.17) is 10.5 Å². The molecule has 0 atom stereocenters. The van der Waals surface area contributed by atoms with Crippen LogP contribution in [0.3, 0.4) is 0 Å². The molecule has 0 saturated carbocycles. The first-order valence-electron chi connectivity index (χ1n) is 5.15. The van der Waals surface area contributed by atoms with E-state index in [0.29, 0.717) is 0 Å². The number of allylic oxidation sites excluding steroid dienone is 1. The number of alkyl halides is 6. The standard InChI is InChI=1S/C12H5F6N3/c13-11(14,15)9-2-1-8(3-10(9)12(16,17)18)21-6-7(4-19)5-20/h1-3,6,21H. The number of nitriles is 2. The highest BCUT2D eigenvalue weighted by molar-refractivity contribution is 5.54. The van der Waals surface area contributed by atoms with Crippen LogP contribution in [0.25, 0.3) is 0 Å². The second-order valence-corrected chi connectivity index (χ2v) is 3.68. The fourth-order valence-electron chi connectivity index (χ4n) is 1.36. The number of nitrogens with one attached hydrogen (secondary N) is 1. The molecule has 0 fully saturated rings. The van der Waals surface area contributed by atoms with Gasteiger partial charge in [0.25, 0.3) is 0 Å². The fraction of sp³-hybridized carbons (Fsp3) is 0.167. The topological polar surface area (TPSA) is 59.6 Å². The molecule has 3 nitrogen and oxygen atoms in total. The molecule has 1 rings (SSSR count). The molecule has 0 bridgehead atoms. The van der Waals surface area contributed by atoms with Crippen molar-refractivity contribution in [2.75, 3.05) is 5.32 Å². The molecule has 1 N–H and O–H groups in total. The Balaban J connectivity index is 3.28. The van der Waals surface area contributed by atoms with Crippen LogP contribution < -0.4 is 5.32 Å². The van der Waals surface area contributed by atoms with Crippen LogP contribution >= 0.6 is 0 Å². The monoisotopic (exact) mass is 305 g/mol. The summed E-state index contributed by atoms with van der Waals surface area (Å²) < 4.78 is 75.5. The van der Waals surface area contributed by atoms with Crippen molar-refractivity contribution in [1.82, 2.24) is 0 Å². The average Bonchev–Trinajstić information content (AvgIpc) is 2.37. The molecule has 0 spiro atoms. The molecule has 0 saturated heterocycles. The largest absolute Gasteiger partial charge is 0.417 e. The Morgan fingerprint density at radius 2 is 1.48 bits per heavy atom. The van der Waals surface area contributed by atoms with Gasteiger partial charge in [-0.3, -0.25) is 0 Å². The molecule has 0 unspecified atom stereocenters. The predicted molar refractivity (Wildman–Crippen MR) is 59.4 cm³/mol. The SMILES string of the molecule is N#CC(C#N)=CNc1ccc(C(F)(F)F)c(C(F)(F)F)c1. The molecular weight excluding hydrogens is 300 g/mol. The van der Waals surface area contributed by atoms with Crippen LogP contribution in [-0.2, 0) is 12.4 Å². The Labute approximate surface area is 114 Å². The summed E-state index contributed by atoms with van der Waals surface area (Å²) in [6, 6.07) is 4.17. The summed E-state index contributed by atoms with van der Waals surface area (Å²) in [6.45, 7) is 0. The van der Waals surface area contributed by atoms with Gasteiger partial charge in [-0.05, 0) is 18.2 Å². The molecule has 0 radical (unpaired) electrons. The van der Waals surface area contributed by atoms with E-state index in [2.05, 4.69) is 5.32 Å². The van der Waals surface area contributed by atoms with Gasteiger partial charge < -0.3 is 5.32 Å². The number of hydrogen-bond acceptors (Lipinski definition) is 3. The van der Waals surface area contributed by atoms with Crippen molar-refractivity contribution < 1.29 is 26.3 Å². The van der Waals surface area contributed by atoms with Gasteiger partial charge in [0.1, 0.15) is 17.7 Å². The van der Waals surface area contributed by atoms with E-state index in [1.54, 1.807) is 0 Å². The number of hydrogen-bond donors (Lipinski definition) is 1. The summed E-state index contributed by atoms with van der Waals surface area (Å²) in [7, 11) is 0. The lowest BCUT2D eigenvalue weighted by atomic mass is 10.1. The highest BCUT2D eigenvalue weighted by Crippen LogP contribution is 2.41. The van der Waals surface area contributed by atoms with Crippen LogP contribution in [0.1, 0.15) is 11.1 Å². The van der Waals surface area contributed by atoms with E-state index in [1.807, 2.05) is 0 Å². The minimum Gasteiger partial charge on any atom is -0.360 e. The van der Waals surface area contributed by atoms with Crippen molar-refractivity contribution in [3.63, 3.8) is 0 Å². The third-order valence-electron chi connectivity index (χ3n) is 2.25. The molecular formula is C12H5F6N3. The summed E-state index contributed by atoms with van der Waals surface area (Å²) in [6.07, 6.45) is -9.55. The molecule has 0 aromatic heterocycles. The van der Waals surface area contributed by atoms with Crippen LogP contribution in [0.2, 0.25) is 0 Å². The maximum Gasteiger partial charge on any atom is 0.417 e. The third-order valence-corrected chi connectivity index (χ3v) is 2.25. The zero-order valence-corrected chi connectivity index (χ0v) is 9.97. The van der Waals surface area contributed by atoms with Gasteiger partial charge in [-0.2, -0.15) is 36.9 Å². The molecule has 0 aliphatic carbocycles. The van der Waals surface area contributed by atoms with Gasteiger partial charge in [-0.1, -0.05) is 0 Å². The second-order valence-electron chi connectivity index (χ2n) is 3.68. The number of halogens is 6. The quantitative estimate of drug-likeness (QED) is 0.662. The highest BCUT2D eigenvalue weighted by atomic mass is 19.4. The van der Waals surface area contributed by atoms with Crippen LogP contribution in [0, 0.1) is 22.7 Å². The molecule has 9 heteroatoms. The first-order chi connectivity index (χ1) is 9.59. The van der Waals surface area contributed by atoms with Crippen molar-refractivity contribution in [3.8, 4) is 12.1 Å². The molecule has 0 aliphatic heterocycles. The lowest BCUT2D eigenvalue weighted by Crippen LogP contribution is -2.16. The Morgan fingerprint density at radius 1 is 0.952 bits per heavy atom. The fourth-order valence-corrected chi connectivity index (χ4v) is 1.36. The van der Waals surface area contributed by atoms with Crippen LogP contribution in [-0.4, -0.2) is 0 Å². The Kier molecular flexibility index (Phi) is 4.48. The number of anilines is 1. The molecule has 0 aliphatic rings. The molecule has 110 valence electrons. The van der Waals surface area contributed by atoms with Crippen molar-refractivity contribution in [2.45, 2.75) is 12.4 Å². The maximum absolute atomic E-state index is 12.6. The maximum atomic E-state index is 12.6. The Morgan fingerprint density at radius 3 is 1.90 bits per heavy atom. The summed E-state index contributed by atoms with van der Waals surface area (Å²) in [4.78, 5) is 0. The lowest BCUT2D eigenvalue weighted by Gasteiger charge is -2.16. The third kappa shape index (κ3) is 4.14. The zero-order chi connectivity index (χ0) is 16.3. The highest BCUT2D eigenvalue weighted by Gasteiger charge is 2.43. The zero-order valence-electron chi connectivity index (χ0n) is 9.97. The summed E-state index contributed by atoms with van der Waals surface area (Å²) in [5, 5.41) is 19.0. The molecule has 0 heterocycles. The lowest BCUT2D eigenvalue weighted by molar-refractivity contribution is -0.162. The van der Waals surface area contributed by atoms with Gasteiger partial charge in [0.2, 0.25) is 0 Å². The van der Waals surface area contributed by atoms with Gasteiger partial charge in [-0.25, -0.2) is 0 Å². The van der Waals surface area contributed by atoms with Gasteiger partial charge in [0, 0.05) is 11.9 Å². The van der Waals surface area contributed by atoms with Crippen molar-refractivity contribution in [2.24, 2.45) is 0 Å². The van der Waals surface area contributed by atoms with Crippen molar-refractivity contribution in [3.05, 3.63) is 41.1 Å². The Bertz CT molecular complexity index is 627. The van der Waals surface area contributed by atoms with Crippen LogP contribution in [0.5, 0.6) is 0 Å². The van der Waals surface area contributed by atoms with Crippen LogP contribution in [0.15, 0.2) is 30.0 Å². The predicted octanol–water partition coefficient (Wildman–Crippen LogP) is 4.07. The molecule has 1 aromatic rings. The summed E-state index contributed by atoms with van der Waals surface area (Å²) in [5.41, 5.74) is -4.45. The van der Waals surface area contributed by atoms with E-state index < -0.39 is 29.1 Å². The first-order valence-corrected chi connectivity index (χ1v) is 5.15. The number of rotatable bonds is 2. The van der Waals surface area contributed by atoms with E-state index in [0.717, 1.165) is 12.3 Å². The van der Waals surface area contributed by atoms with E-state index >= 15 is 0 Å².